The fourth-order valence-electron chi connectivity index (χ4n) is 4.07. The number of H-pyrrole nitrogens is 1. The maximum atomic E-state index is 9.02. The zero-order chi connectivity index (χ0) is 19.8. The minimum absolute atomic E-state index is 0.438. The molecular formula is C23H21N3O3. The van der Waals surface area contributed by atoms with Crippen molar-refractivity contribution in [1.82, 2.24) is 10.2 Å². The highest BCUT2D eigenvalue weighted by Crippen LogP contribution is 2.44. The van der Waals surface area contributed by atoms with Crippen LogP contribution in [-0.2, 0) is 11.2 Å². The van der Waals surface area contributed by atoms with Gasteiger partial charge in [0.1, 0.15) is 0 Å². The molecular weight excluding hydrogens is 366 g/mol. The summed E-state index contributed by atoms with van der Waals surface area (Å²) in [5.74, 6) is 1.94. The smallest absolute Gasteiger partial charge is 0.161 e. The number of nitrogens with zero attached hydrogens (tertiary/aromatic N) is 2. The first-order chi connectivity index (χ1) is 14.3. The van der Waals surface area contributed by atoms with E-state index in [-0.39, 0.29) is 0 Å². The van der Waals surface area contributed by atoms with E-state index in [0.717, 1.165) is 65.6 Å². The van der Waals surface area contributed by atoms with Gasteiger partial charge in [0.2, 0.25) is 0 Å². The summed E-state index contributed by atoms with van der Waals surface area (Å²) in [6.07, 6.45) is 1.82. The van der Waals surface area contributed by atoms with Crippen LogP contribution in [0.15, 0.2) is 36.4 Å². The van der Waals surface area contributed by atoms with Crippen molar-refractivity contribution in [3.05, 3.63) is 53.1 Å². The normalized spacial score (nSPS) is 16.9. The SMILES string of the molecule is COc1cc2c(cc1OCC1CCOC1)Cc1c(-c3ccc(C#N)cc3)n[nH]c1-2. The molecule has 1 aliphatic carbocycles. The van der Waals surface area contributed by atoms with Gasteiger partial charge in [-0.05, 0) is 36.2 Å². The third kappa shape index (κ3) is 3.14. The molecule has 1 aliphatic heterocycles. The highest BCUT2D eigenvalue weighted by atomic mass is 16.5. The number of nitriles is 1. The topological polar surface area (TPSA) is 80.2 Å². The van der Waals surface area contributed by atoms with E-state index in [0.29, 0.717) is 18.1 Å². The fraction of sp³-hybridized carbons (Fsp3) is 0.304. The van der Waals surface area contributed by atoms with Crippen LogP contribution in [0.4, 0.5) is 0 Å². The van der Waals surface area contributed by atoms with Crippen molar-refractivity contribution in [3.63, 3.8) is 0 Å². The van der Waals surface area contributed by atoms with Crippen molar-refractivity contribution >= 4 is 0 Å². The van der Waals surface area contributed by atoms with E-state index in [1.807, 2.05) is 30.3 Å². The number of nitrogens with one attached hydrogen (secondary N) is 1. The third-order valence-electron chi connectivity index (χ3n) is 5.68. The van der Waals surface area contributed by atoms with Crippen LogP contribution >= 0.6 is 0 Å². The maximum absolute atomic E-state index is 9.02. The van der Waals surface area contributed by atoms with E-state index in [9.17, 15) is 0 Å². The molecule has 0 spiro atoms. The molecule has 146 valence electrons. The van der Waals surface area contributed by atoms with E-state index in [2.05, 4.69) is 22.3 Å². The largest absolute Gasteiger partial charge is 0.493 e. The summed E-state index contributed by atoms with van der Waals surface area (Å²) in [6, 6.07) is 13.8. The van der Waals surface area contributed by atoms with Crippen molar-refractivity contribution in [3.8, 4) is 40.1 Å². The zero-order valence-corrected chi connectivity index (χ0v) is 16.2. The Labute approximate surface area is 169 Å². The lowest BCUT2D eigenvalue weighted by molar-refractivity contribution is 0.165. The van der Waals surface area contributed by atoms with Gasteiger partial charge in [-0.25, -0.2) is 0 Å². The average Bonchev–Trinajstić information content (AvgIpc) is 3.48. The van der Waals surface area contributed by atoms with Gasteiger partial charge in [-0.15, -0.1) is 0 Å². The Morgan fingerprint density at radius 1 is 1.24 bits per heavy atom. The van der Waals surface area contributed by atoms with E-state index in [1.54, 1.807) is 7.11 Å². The number of hydrogen-bond donors (Lipinski definition) is 1. The molecule has 0 radical (unpaired) electrons. The van der Waals surface area contributed by atoms with Gasteiger partial charge in [-0.3, -0.25) is 5.10 Å². The van der Waals surface area contributed by atoms with Gasteiger partial charge in [0.05, 0.1) is 43.3 Å². The van der Waals surface area contributed by atoms with Crippen LogP contribution in [0, 0.1) is 17.2 Å². The fourth-order valence-corrected chi connectivity index (χ4v) is 4.07. The molecule has 1 unspecified atom stereocenters. The number of ether oxygens (including phenoxy) is 3. The molecule has 1 atom stereocenters. The Kier molecular flexibility index (Phi) is 4.45. The molecule has 6 heteroatoms. The molecule has 1 N–H and O–H groups in total. The summed E-state index contributed by atoms with van der Waals surface area (Å²) in [7, 11) is 1.66. The average molecular weight is 387 g/mol. The van der Waals surface area contributed by atoms with E-state index in [1.165, 1.54) is 5.56 Å². The van der Waals surface area contributed by atoms with Crippen LogP contribution < -0.4 is 9.47 Å². The lowest BCUT2D eigenvalue weighted by Crippen LogP contribution is -2.12. The van der Waals surface area contributed by atoms with Crippen molar-refractivity contribution in [2.75, 3.05) is 26.9 Å². The minimum Gasteiger partial charge on any atom is -0.493 e. The van der Waals surface area contributed by atoms with Crippen LogP contribution in [-0.4, -0.2) is 37.1 Å². The number of benzene rings is 2. The molecule has 1 aromatic heterocycles. The van der Waals surface area contributed by atoms with Crippen molar-refractivity contribution < 1.29 is 14.2 Å². The summed E-state index contributed by atoms with van der Waals surface area (Å²) in [6.45, 7) is 2.21. The predicted molar refractivity (Wildman–Crippen MR) is 108 cm³/mol. The predicted octanol–water partition coefficient (Wildman–Crippen LogP) is 3.94. The molecule has 0 bridgehead atoms. The van der Waals surface area contributed by atoms with E-state index in [4.69, 9.17) is 19.5 Å². The van der Waals surface area contributed by atoms with E-state index < -0.39 is 0 Å². The first-order valence-corrected chi connectivity index (χ1v) is 9.76. The minimum atomic E-state index is 0.438. The second-order valence-corrected chi connectivity index (χ2v) is 7.49. The van der Waals surface area contributed by atoms with Crippen LogP contribution in [0.5, 0.6) is 11.5 Å². The van der Waals surface area contributed by atoms with Crippen molar-refractivity contribution in [2.45, 2.75) is 12.8 Å². The number of rotatable bonds is 5. The molecule has 1 saturated heterocycles. The third-order valence-corrected chi connectivity index (χ3v) is 5.68. The maximum Gasteiger partial charge on any atom is 0.161 e. The van der Waals surface area contributed by atoms with Crippen LogP contribution in [0.25, 0.3) is 22.5 Å². The van der Waals surface area contributed by atoms with Gasteiger partial charge in [0.25, 0.3) is 0 Å². The van der Waals surface area contributed by atoms with Gasteiger partial charge < -0.3 is 14.2 Å². The number of fused-ring (bicyclic) bond motifs is 3. The summed E-state index contributed by atoms with van der Waals surface area (Å²) in [4.78, 5) is 0. The number of aromatic nitrogens is 2. The number of methoxy groups -OCH3 is 1. The lowest BCUT2D eigenvalue weighted by atomic mass is 10.0. The monoisotopic (exact) mass is 387 g/mol. The highest BCUT2D eigenvalue weighted by molar-refractivity contribution is 5.82. The van der Waals surface area contributed by atoms with Crippen LogP contribution in [0.3, 0.4) is 0 Å². The van der Waals surface area contributed by atoms with Crippen molar-refractivity contribution in [2.24, 2.45) is 5.92 Å². The van der Waals surface area contributed by atoms with Crippen LogP contribution in [0.1, 0.15) is 23.1 Å². The molecule has 0 saturated carbocycles. The highest BCUT2D eigenvalue weighted by Gasteiger charge is 2.27. The number of hydrogen-bond acceptors (Lipinski definition) is 5. The molecule has 1 fully saturated rings. The Bertz CT molecular complexity index is 1090. The molecule has 2 heterocycles. The summed E-state index contributed by atoms with van der Waals surface area (Å²) in [5.41, 5.74) is 7.04. The Morgan fingerprint density at radius 2 is 2.10 bits per heavy atom. The van der Waals surface area contributed by atoms with Gasteiger partial charge >= 0.3 is 0 Å². The Hall–Kier alpha value is -3.30. The second-order valence-electron chi connectivity index (χ2n) is 7.49. The Morgan fingerprint density at radius 3 is 2.83 bits per heavy atom. The van der Waals surface area contributed by atoms with Crippen LogP contribution in [0.2, 0.25) is 0 Å². The molecule has 5 rings (SSSR count). The molecule has 2 aromatic carbocycles. The van der Waals surface area contributed by atoms with Gasteiger partial charge in [0, 0.05) is 35.6 Å². The zero-order valence-electron chi connectivity index (χ0n) is 16.2. The van der Waals surface area contributed by atoms with Crippen molar-refractivity contribution in [1.29, 1.82) is 5.26 Å². The molecule has 0 amide bonds. The molecule has 3 aromatic rings. The standard InChI is InChI=1S/C23H21N3O3/c1-27-20-10-18-17(9-21(20)29-13-15-6-7-28-12-15)8-19-22(25-26-23(18)19)16-4-2-14(11-24)3-5-16/h2-5,9-10,15H,6-8,12-13H2,1H3,(H,25,26). The molecule has 2 aliphatic rings. The molecule has 29 heavy (non-hydrogen) atoms. The Balaban J connectivity index is 1.45. The number of aromatic amines is 1. The molecule has 6 nitrogen and oxygen atoms in total. The van der Waals surface area contributed by atoms with E-state index >= 15 is 0 Å². The first-order valence-electron chi connectivity index (χ1n) is 9.76. The lowest BCUT2D eigenvalue weighted by Gasteiger charge is -2.15. The van der Waals surface area contributed by atoms with Gasteiger partial charge in [-0.2, -0.15) is 10.4 Å². The second kappa shape index (κ2) is 7.26. The summed E-state index contributed by atoms with van der Waals surface area (Å²) >= 11 is 0. The van der Waals surface area contributed by atoms with Gasteiger partial charge in [0.15, 0.2) is 11.5 Å². The first kappa shape index (κ1) is 17.8. The summed E-state index contributed by atoms with van der Waals surface area (Å²) in [5, 5.41) is 16.7. The quantitative estimate of drug-likeness (QED) is 0.561. The van der Waals surface area contributed by atoms with Gasteiger partial charge in [-0.1, -0.05) is 12.1 Å². The summed E-state index contributed by atoms with van der Waals surface area (Å²) < 4.78 is 17.1.